The molecular formula is C15H22O4. The average Bonchev–Trinajstić information content (AvgIpc) is 2.45. The van der Waals surface area contributed by atoms with Crippen LogP contribution in [0.2, 0.25) is 0 Å². The zero-order valence-electron chi connectivity index (χ0n) is 12.0. The van der Waals surface area contributed by atoms with Crippen LogP contribution in [0.15, 0.2) is 24.8 Å². The monoisotopic (exact) mass is 266 g/mol. The molecule has 4 heteroatoms. The lowest BCUT2D eigenvalue weighted by Gasteiger charge is -2.12. The smallest absolute Gasteiger partial charge is 0.339 e. The van der Waals surface area contributed by atoms with Gasteiger partial charge in [0.2, 0.25) is 0 Å². The Bertz CT molecular complexity index is 424. The molecule has 0 aromatic heterocycles. The highest BCUT2D eigenvalue weighted by Crippen LogP contribution is 2.29. The van der Waals surface area contributed by atoms with Crippen LogP contribution >= 0.6 is 0 Å². The van der Waals surface area contributed by atoms with Gasteiger partial charge in [0.15, 0.2) is 0 Å². The Morgan fingerprint density at radius 2 is 1.95 bits per heavy atom. The largest absolute Gasteiger partial charge is 0.497 e. The molecule has 1 aromatic rings. The number of methoxy groups -OCH3 is 2. The molecule has 0 aliphatic heterocycles. The van der Waals surface area contributed by atoms with Crippen LogP contribution in [0.25, 0.3) is 0 Å². The van der Waals surface area contributed by atoms with Crippen LogP contribution < -0.4 is 9.47 Å². The van der Waals surface area contributed by atoms with Crippen LogP contribution in [0, 0.1) is 0 Å². The number of aryl methyl sites for hydroxylation is 1. The Balaban J connectivity index is 0.00000154. The van der Waals surface area contributed by atoms with Gasteiger partial charge < -0.3 is 14.6 Å². The summed E-state index contributed by atoms with van der Waals surface area (Å²) in [5.41, 5.74) is 0.878. The summed E-state index contributed by atoms with van der Waals surface area (Å²) in [6, 6.07) is 3.29. The highest BCUT2D eigenvalue weighted by molar-refractivity contribution is 5.93. The number of carbonyl (C=O) groups is 1. The maximum absolute atomic E-state index is 11.2. The zero-order chi connectivity index (χ0) is 14.8. The first-order chi connectivity index (χ1) is 9.13. The number of hydrogen-bond acceptors (Lipinski definition) is 3. The molecule has 0 fully saturated rings. The molecule has 4 nitrogen and oxygen atoms in total. The Labute approximate surface area is 114 Å². The summed E-state index contributed by atoms with van der Waals surface area (Å²) in [6.07, 6.45) is 3.05. The van der Waals surface area contributed by atoms with Crippen molar-refractivity contribution in [2.24, 2.45) is 0 Å². The molecule has 0 amide bonds. The van der Waals surface area contributed by atoms with Gasteiger partial charge in [-0.05, 0) is 24.5 Å². The second-order valence-corrected chi connectivity index (χ2v) is 3.50. The van der Waals surface area contributed by atoms with E-state index in [1.807, 2.05) is 13.8 Å². The third kappa shape index (κ3) is 4.66. The molecule has 0 aliphatic carbocycles. The van der Waals surface area contributed by atoms with Crippen molar-refractivity contribution in [1.29, 1.82) is 0 Å². The fourth-order valence-corrected chi connectivity index (χ4v) is 1.62. The zero-order valence-corrected chi connectivity index (χ0v) is 12.0. The summed E-state index contributed by atoms with van der Waals surface area (Å²) < 4.78 is 10.2. The van der Waals surface area contributed by atoms with E-state index in [2.05, 4.69) is 6.58 Å². The predicted molar refractivity (Wildman–Crippen MR) is 76.4 cm³/mol. The number of allylic oxidation sites excluding steroid dienone is 1. The van der Waals surface area contributed by atoms with Gasteiger partial charge in [0.05, 0.1) is 14.2 Å². The number of carboxylic acids is 1. The summed E-state index contributed by atoms with van der Waals surface area (Å²) in [6.45, 7) is 7.63. The molecule has 0 atom stereocenters. The first-order valence-electron chi connectivity index (χ1n) is 6.23. The number of ether oxygens (including phenoxy) is 2. The standard InChI is InChI=1S/C13H16O4.C2H6/c1-4-5-6-9-7-10(16-2)8-11(17-3)12(9)13(14)15;1-2/h4,7-8H,1,5-6H2,2-3H3,(H,14,15);1-2H3. The molecule has 0 bridgehead atoms. The molecule has 0 spiro atoms. The van der Waals surface area contributed by atoms with Crippen molar-refractivity contribution in [3.05, 3.63) is 35.9 Å². The van der Waals surface area contributed by atoms with Gasteiger partial charge in [-0.25, -0.2) is 4.79 Å². The minimum Gasteiger partial charge on any atom is -0.497 e. The number of hydrogen-bond donors (Lipinski definition) is 1. The van der Waals surface area contributed by atoms with E-state index < -0.39 is 5.97 Å². The fraction of sp³-hybridized carbons (Fsp3) is 0.400. The van der Waals surface area contributed by atoms with Crippen LogP contribution in [-0.2, 0) is 6.42 Å². The number of aromatic carboxylic acids is 1. The summed E-state index contributed by atoms with van der Waals surface area (Å²) in [7, 11) is 2.98. The van der Waals surface area contributed by atoms with Crippen molar-refractivity contribution >= 4 is 5.97 Å². The van der Waals surface area contributed by atoms with Crippen LogP contribution in [0.1, 0.15) is 36.2 Å². The van der Waals surface area contributed by atoms with Gasteiger partial charge in [0.1, 0.15) is 17.1 Å². The molecule has 0 aliphatic rings. The molecule has 1 N–H and O–H groups in total. The van der Waals surface area contributed by atoms with Crippen molar-refractivity contribution in [3.8, 4) is 11.5 Å². The maximum Gasteiger partial charge on any atom is 0.339 e. The Hall–Kier alpha value is -1.97. The summed E-state index contributed by atoms with van der Waals surface area (Å²) in [5.74, 6) is -0.0922. The molecule has 0 unspecified atom stereocenters. The molecule has 0 heterocycles. The average molecular weight is 266 g/mol. The molecule has 1 aromatic carbocycles. The Morgan fingerprint density at radius 1 is 1.32 bits per heavy atom. The molecule has 0 radical (unpaired) electrons. The lowest BCUT2D eigenvalue weighted by molar-refractivity contribution is 0.0692. The van der Waals surface area contributed by atoms with Crippen molar-refractivity contribution in [3.63, 3.8) is 0 Å². The summed E-state index contributed by atoms with van der Waals surface area (Å²) in [5, 5.41) is 9.19. The van der Waals surface area contributed by atoms with Crippen molar-refractivity contribution in [1.82, 2.24) is 0 Å². The second-order valence-electron chi connectivity index (χ2n) is 3.50. The van der Waals surface area contributed by atoms with Crippen molar-refractivity contribution < 1.29 is 19.4 Å². The lowest BCUT2D eigenvalue weighted by atomic mass is 10.0. The van der Waals surface area contributed by atoms with Crippen LogP contribution in [0.3, 0.4) is 0 Å². The predicted octanol–water partition coefficient (Wildman–Crippen LogP) is 3.55. The number of rotatable bonds is 6. The fourth-order valence-electron chi connectivity index (χ4n) is 1.62. The lowest BCUT2D eigenvalue weighted by Crippen LogP contribution is -2.06. The van der Waals surface area contributed by atoms with Gasteiger partial charge in [-0.3, -0.25) is 0 Å². The van der Waals surface area contributed by atoms with E-state index in [1.54, 1.807) is 18.2 Å². The minimum atomic E-state index is -0.997. The number of benzene rings is 1. The molecule has 106 valence electrons. The second kappa shape index (κ2) is 9.03. The quantitative estimate of drug-likeness (QED) is 0.800. The van der Waals surface area contributed by atoms with Crippen molar-refractivity contribution in [2.45, 2.75) is 26.7 Å². The molecule has 1 rings (SSSR count). The van der Waals surface area contributed by atoms with Gasteiger partial charge in [0, 0.05) is 6.07 Å². The van der Waals surface area contributed by atoms with E-state index in [0.29, 0.717) is 29.9 Å². The Morgan fingerprint density at radius 3 is 2.37 bits per heavy atom. The highest BCUT2D eigenvalue weighted by Gasteiger charge is 2.17. The molecular weight excluding hydrogens is 244 g/mol. The van der Waals surface area contributed by atoms with E-state index in [4.69, 9.17) is 9.47 Å². The van der Waals surface area contributed by atoms with Gasteiger partial charge >= 0.3 is 5.97 Å². The topological polar surface area (TPSA) is 55.8 Å². The molecule has 0 saturated carbocycles. The molecule has 19 heavy (non-hydrogen) atoms. The molecule has 0 saturated heterocycles. The van der Waals surface area contributed by atoms with E-state index in [0.717, 1.165) is 0 Å². The van der Waals surface area contributed by atoms with E-state index >= 15 is 0 Å². The summed E-state index contributed by atoms with van der Waals surface area (Å²) >= 11 is 0. The third-order valence-electron chi connectivity index (χ3n) is 2.44. The maximum atomic E-state index is 11.2. The van der Waals surface area contributed by atoms with Crippen LogP contribution in [0.5, 0.6) is 11.5 Å². The first-order valence-corrected chi connectivity index (χ1v) is 6.23. The summed E-state index contributed by atoms with van der Waals surface area (Å²) in [4.78, 5) is 11.2. The van der Waals surface area contributed by atoms with E-state index in [-0.39, 0.29) is 5.56 Å². The van der Waals surface area contributed by atoms with Gasteiger partial charge in [0.25, 0.3) is 0 Å². The third-order valence-corrected chi connectivity index (χ3v) is 2.44. The van der Waals surface area contributed by atoms with Gasteiger partial charge in [-0.2, -0.15) is 0 Å². The first kappa shape index (κ1) is 17.0. The normalized spacial score (nSPS) is 9.05. The number of carboxylic acid groups (broad SMARTS) is 1. The van der Waals surface area contributed by atoms with Crippen LogP contribution in [0.4, 0.5) is 0 Å². The SMILES string of the molecule is C=CCCc1cc(OC)cc(OC)c1C(=O)O.CC. The van der Waals surface area contributed by atoms with Gasteiger partial charge in [-0.1, -0.05) is 19.9 Å². The van der Waals surface area contributed by atoms with Gasteiger partial charge in [-0.15, -0.1) is 6.58 Å². The van der Waals surface area contributed by atoms with E-state index in [1.165, 1.54) is 14.2 Å². The van der Waals surface area contributed by atoms with Crippen LogP contribution in [-0.4, -0.2) is 25.3 Å². The highest BCUT2D eigenvalue weighted by atomic mass is 16.5. The minimum absolute atomic E-state index is 0.190. The van der Waals surface area contributed by atoms with Crippen molar-refractivity contribution in [2.75, 3.05) is 14.2 Å². The Kier molecular flexibility index (Phi) is 8.09. The van der Waals surface area contributed by atoms with E-state index in [9.17, 15) is 9.90 Å².